The van der Waals surface area contributed by atoms with Crippen molar-refractivity contribution in [2.75, 3.05) is 19.6 Å². The van der Waals surface area contributed by atoms with Gasteiger partial charge in [0, 0.05) is 26.1 Å². The van der Waals surface area contributed by atoms with E-state index in [4.69, 9.17) is 0 Å². The minimum Gasteiger partial charge on any atom is -0.361 e. The molecule has 0 saturated carbocycles. The normalized spacial score (nSPS) is 16.7. The number of aliphatic imine (C=N–C) groups is 1. The van der Waals surface area contributed by atoms with Crippen LogP contribution in [0.25, 0.3) is 0 Å². The topological polar surface area (TPSA) is 15.6 Å². The molecule has 0 saturated heterocycles. The summed E-state index contributed by atoms with van der Waals surface area (Å²) in [5.74, 6) is 1.34. The fraction of sp³-hybridized carbons (Fsp3) is 0.889. The van der Waals surface area contributed by atoms with Crippen molar-refractivity contribution in [1.82, 2.24) is 4.90 Å². The third-order valence-corrected chi connectivity index (χ3v) is 2.09. The highest BCUT2D eigenvalue weighted by molar-refractivity contribution is 5.83. The first kappa shape index (κ1) is 8.57. The lowest BCUT2D eigenvalue weighted by Crippen LogP contribution is -2.30. The fourth-order valence-electron chi connectivity index (χ4n) is 1.52. The molecule has 0 aliphatic carbocycles. The van der Waals surface area contributed by atoms with Crippen molar-refractivity contribution >= 4 is 5.84 Å². The second-order valence-corrected chi connectivity index (χ2v) is 2.98. The van der Waals surface area contributed by atoms with Gasteiger partial charge in [0.05, 0.1) is 5.84 Å². The van der Waals surface area contributed by atoms with E-state index in [0.717, 1.165) is 13.1 Å². The molecular formula is C9H18N2. The second kappa shape index (κ2) is 4.37. The van der Waals surface area contributed by atoms with Crippen molar-refractivity contribution in [3.8, 4) is 0 Å². The van der Waals surface area contributed by atoms with Gasteiger partial charge < -0.3 is 4.90 Å². The summed E-state index contributed by atoms with van der Waals surface area (Å²) in [6.45, 7) is 7.77. The monoisotopic (exact) mass is 154 g/mol. The molecule has 1 aliphatic rings. The number of hydrogen-bond acceptors (Lipinski definition) is 2. The van der Waals surface area contributed by atoms with E-state index in [0.29, 0.717) is 0 Å². The lowest BCUT2D eigenvalue weighted by atomic mass is 10.3. The van der Waals surface area contributed by atoms with E-state index in [-0.39, 0.29) is 0 Å². The van der Waals surface area contributed by atoms with Crippen LogP contribution in [0, 0.1) is 0 Å². The Kier molecular flexibility index (Phi) is 3.40. The van der Waals surface area contributed by atoms with Crippen molar-refractivity contribution < 1.29 is 0 Å². The summed E-state index contributed by atoms with van der Waals surface area (Å²) in [6.07, 6.45) is 3.69. The smallest absolute Gasteiger partial charge is 0.0989 e. The van der Waals surface area contributed by atoms with Gasteiger partial charge >= 0.3 is 0 Å². The number of nitrogens with zero attached hydrogens (tertiary/aromatic N) is 2. The van der Waals surface area contributed by atoms with Crippen LogP contribution in [0.2, 0.25) is 0 Å². The molecule has 0 atom stereocenters. The highest BCUT2D eigenvalue weighted by Crippen LogP contribution is 2.08. The van der Waals surface area contributed by atoms with E-state index >= 15 is 0 Å². The largest absolute Gasteiger partial charge is 0.361 e. The average Bonchev–Trinajstić information content (AvgIpc) is 2.52. The van der Waals surface area contributed by atoms with Gasteiger partial charge in [-0.15, -0.1) is 0 Å². The van der Waals surface area contributed by atoms with Gasteiger partial charge in [-0.25, -0.2) is 0 Å². The third kappa shape index (κ3) is 2.21. The predicted molar refractivity (Wildman–Crippen MR) is 49.1 cm³/mol. The van der Waals surface area contributed by atoms with E-state index in [9.17, 15) is 0 Å². The van der Waals surface area contributed by atoms with Gasteiger partial charge in [0.15, 0.2) is 0 Å². The van der Waals surface area contributed by atoms with Crippen LogP contribution in [0.1, 0.15) is 33.1 Å². The van der Waals surface area contributed by atoms with Crippen molar-refractivity contribution in [2.45, 2.75) is 33.1 Å². The summed E-state index contributed by atoms with van der Waals surface area (Å²) in [7, 11) is 0. The molecule has 0 aromatic carbocycles. The molecular weight excluding hydrogens is 136 g/mol. The summed E-state index contributed by atoms with van der Waals surface area (Å²) in [6, 6.07) is 0. The molecule has 64 valence electrons. The van der Waals surface area contributed by atoms with Gasteiger partial charge in [0.1, 0.15) is 0 Å². The predicted octanol–water partition coefficient (Wildman–Crippen LogP) is 1.91. The van der Waals surface area contributed by atoms with Gasteiger partial charge in [-0.3, -0.25) is 4.99 Å². The van der Waals surface area contributed by atoms with E-state index in [1.54, 1.807) is 0 Å². The highest BCUT2D eigenvalue weighted by Gasteiger charge is 2.11. The van der Waals surface area contributed by atoms with Crippen LogP contribution in [-0.4, -0.2) is 30.4 Å². The zero-order valence-corrected chi connectivity index (χ0v) is 7.64. The van der Waals surface area contributed by atoms with Crippen molar-refractivity contribution in [3.05, 3.63) is 0 Å². The molecule has 0 bridgehead atoms. The van der Waals surface area contributed by atoms with Gasteiger partial charge in [-0.2, -0.15) is 0 Å². The number of hydrogen-bond donors (Lipinski definition) is 0. The minimum atomic E-state index is 1.05. The Bertz CT molecular complexity index is 140. The molecule has 0 unspecified atom stereocenters. The molecule has 0 spiro atoms. The summed E-state index contributed by atoms with van der Waals surface area (Å²) in [5.41, 5.74) is 0. The standard InChI is InChI=1S/C9H18N2/c1-3-8-11(4-2)9-6-5-7-10-9/h3-8H2,1-2H3. The van der Waals surface area contributed by atoms with Crippen molar-refractivity contribution in [2.24, 2.45) is 4.99 Å². The number of rotatable bonds is 3. The van der Waals surface area contributed by atoms with Crippen LogP contribution in [0.4, 0.5) is 0 Å². The first-order chi connectivity index (χ1) is 5.38. The molecule has 0 N–H and O–H groups in total. The van der Waals surface area contributed by atoms with E-state index in [2.05, 4.69) is 23.7 Å². The van der Waals surface area contributed by atoms with Crippen LogP contribution in [0.15, 0.2) is 4.99 Å². The van der Waals surface area contributed by atoms with Crippen LogP contribution in [0.3, 0.4) is 0 Å². The van der Waals surface area contributed by atoms with Crippen LogP contribution in [0.5, 0.6) is 0 Å². The molecule has 2 heteroatoms. The summed E-state index contributed by atoms with van der Waals surface area (Å²) in [4.78, 5) is 6.86. The Labute approximate surface area is 69.3 Å². The first-order valence-corrected chi connectivity index (χ1v) is 4.66. The molecule has 0 radical (unpaired) electrons. The minimum absolute atomic E-state index is 1.05. The molecule has 0 aromatic rings. The van der Waals surface area contributed by atoms with Crippen LogP contribution < -0.4 is 0 Å². The molecule has 1 aliphatic heterocycles. The Balaban J connectivity index is 2.40. The fourth-order valence-corrected chi connectivity index (χ4v) is 1.52. The average molecular weight is 154 g/mol. The number of amidine groups is 1. The van der Waals surface area contributed by atoms with Gasteiger partial charge in [-0.1, -0.05) is 6.92 Å². The van der Waals surface area contributed by atoms with E-state index in [1.165, 1.54) is 31.6 Å². The van der Waals surface area contributed by atoms with Gasteiger partial charge in [-0.05, 0) is 19.8 Å². The van der Waals surface area contributed by atoms with E-state index < -0.39 is 0 Å². The summed E-state index contributed by atoms with van der Waals surface area (Å²) >= 11 is 0. The Morgan fingerprint density at radius 2 is 2.27 bits per heavy atom. The molecule has 1 rings (SSSR count). The maximum absolute atomic E-state index is 4.47. The quantitative estimate of drug-likeness (QED) is 0.606. The van der Waals surface area contributed by atoms with Crippen LogP contribution in [-0.2, 0) is 0 Å². The zero-order valence-electron chi connectivity index (χ0n) is 7.64. The zero-order chi connectivity index (χ0) is 8.10. The van der Waals surface area contributed by atoms with Crippen LogP contribution >= 0.6 is 0 Å². The molecule has 0 fully saturated rings. The molecule has 0 aromatic heterocycles. The Morgan fingerprint density at radius 1 is 1.45 bits per heavy atom. The SMILES string of the molecule is CCCN(CC)C1=NCCC1. The second-order valence-electron chi connectivity index (χ2n) is 2.98. The van der Waals surface area contributed by atoms with Gasteiger partial charge in [0.2, 0.25) is 0 Å². The molecule has 1 heterocycles. The van der Waals surface area contributed by atoms with E-state index in [1.807, 2.05) is 0 Å². The third-order valence-electron chi connectivity index (χ3n) is 2.09. The molecule has 0 amide bonds. The summed E-state index contributed by atoms with van der Waals surface area (Å²) in [5, 5.41) is 0. The highest BCUT2D eigenvalue weighted by atomic mass is 15.2. The molecule has 11 heavy (non-hydrogen) atoms. The summed E-state index contributed by atoms with van der Waals surface area (Å²) < 4.78 is 0. The molecule has 2 nitrogen and oxygen atoms in total. The maximum Gasteiger partial charge on any atom is 0.0989 e. The van der Waals surface area contributed by atoms with Crippen molar-refractivity contribution in [3.63, 3.8) is 0 Å². The van der Waals surface area contributed by atoms with Crippen molar-refractivity contribution in [1.29, 1.82) is 0 Å². The van der Waals surface area contributed by atoms with Gasteiger partial charge in [0.25, 0.3) is 0 Å². The maximum atomic E-state index is 4.47. The lowest BCUT2D eigenvalue weighted by molar-refractivity contribution is 0.433. The first-order valence-electron chi connectivity index (χ1n) is 4.66. The Hall–Kier alpha value is -0.530. The Morgan fingerprint density at radius 3 is 2.73 bits per heavy atom. The lowest BCUT2D eigenvalue weighted by Gasteiger charge is -2.21.